The smallest absolute Gasteiger partial charge is 0.462 e. The van der Waals surface area contributed by atoms with Gasteiger partial charge in [0.2, 0.25) is 0 Å². The maximum atomic E-state index is 13.1. The SMILES string of the molecule is CCCCCC/C=C\C=C/CCCCCCCC(=O)OC[C@H](COP(=O)(O)OC[C@@H](O)COP(=O)(O)OC[C@@H](COC(=O)CCCCCCCCC(C)C)OC(=O)CCCCCCCCCCCCCCC(C)C)OC(=O)CCCCCCCCCCCCCCCCCCCCCCC. The van der Waals surface area contributed by atoms with E-state index in [0.29, 0.717) is 31.6 Å². The molecule has 0 saturated heterocycles. The van der Waals surface area contributed by atoms with Crippen LogP contribution in [-0.2, 0) is 65.4 Å². The summed E-state index contributed by atoms with van der Waals surface area (Å²) in [6.45, 7) is 9.48. The van der Waals surface area contributed by atoms with Crippen molar-refractivity contribution in [3.63, 3.8) is 0 Å². The zero-order valence-corrected chi connectivity index (χ0v) is 66.8. The molecule has 0 aromatic rings. The second kappa shape index (κ2) is 72.1. The molecule has 100 heavy (non-hydrogen) atoms. The quantitative estimate of drug-likeness (QED) is 0.0169. The molecule has 0 rings (SSSR count). The number of esters is 4. The van der Waals surface area contributed by atoms with E-state index in [4.69, 9.17) is 37.0 Å². The van der Waals surface area contributed by atoms with Crippen LogP contribution in [0.1, 0.15) is 401 Å². The lowest BCUT2D eigenvalue weighted by molar-refractivity contribution is -0.161. The van der Waals surface area contributed by atoms with E-state index in [0.717, 1.165) is 121 Å². The second-order valence-corrected chi connectivity index (χ2v) is 32.3. The van der Waals surface area contributed by atoms with Crippen LogP contribution in [0, 0.1) is 11.8 Å². The minimum absolute atomic E-state index is 0.102. The third-order valence-electron chi connectivity index (χ3n) is 18.3. The van der Waals surface area contributed by atoms with Gasteiger partial charge in [-0.1, -0.05) is 348 Å². The van der Waals surface area contributed by atoms with Gasteiger partial charge in [0.05, 0.1) is 26.4 Å². The topological polar surface area (TPSA) is 237 Å². The molecule has 3 N–H and O–H groups in total. The van der Waals surface area contributed by atoms with Crippen molar-refractivity contribution in [3.8, 4) is 0 Å². The molecule has 0 bridgehead atoms. The van der Waals surface area contributed by atoms with Crippen molar-refractivity contribution in [2.75, 3.05) is 39.6 Å². The molecule has 0 spiro atoms. The lowest BCUT2D eigenvalue weighted by Gasteiger charge is -2.21. The molecule has 0 saturated carbocycles. The molecule has 0 heterocycles. The number of carbonyl (C=O) groups excluding carboxylic acids is 4. The molecule has 0 radical (unpaired) electrons. The van der Waals surface area contributed by atoms with Gasteiger partial charge in [0.25, 0.3) is 0 Å². The number of aliphatic hydroxyl groups excluding tert-OH is 1. The highest BCUT2D eigenvalue weighted by atomic mass is 31.2. The summed E-state index contributed by atoms with van der Waals surface area (Å²) in [7, 11) is -9.93. The molecule has 590 valence electrons. The maximum Gasteiger partial charge on any atom is 0.472 e. The number of phosphoric acid groups is 2. The summed E-state index contributed by atoms with van der Waals surface area (Å²) < 4.78 is 68.6. The van der Waals surface area contributed by atoms with Crippen molar-refractivity contribution in [2.24, 2.45) is 11.8 Å². The number of hydrogen-bond acceptors (Lipinski definition) is 15. The zero-order valence-electron chi connectivity index (χ0n) is 65.0. The highest BCUT2D eigenvalue weighted by Crippen LogP contribution is 2.45. The van der Waals surface area contributed by atoms with Gasteiger partial charge in [0.1, 0.15) is 19.3 Å². The van der Waals surface area contributed by atoms with Crippen LogP contribution in [0.4, 0.5) is 0 Å². The average Bonchev–Trinajstić information content (AvgIpc) is 0.976. The molecular weight excluding hydrogens is 1310 g/mol. The van der Waals surface area contributed by atoms with Crippen molar-refractivity contribution in [1.29, 1.82) is 0 Å². The number of aliphatic hydroxyl groups is 1. The van der Waals surface area contributed by atoms with E-state index in [1.807, 2.05) is 0 Å². The Morgan fingerprint density at radius 3 is 0.820 bits per heavy atom. The van der Waals surface area contributed by atoms with E-state index < -0.39 is 97.5 Å². The lowest BCUT2D eigenvalue weighted by Crippen LogP contribution is -2.30. The Kier molecular flexibility index (Phi) is 70.3. The summed E-state index contributed by atoms with van der Waals surface area (Å²) in [6, 6.07) is 0. The molecular formula is C81H154O17P2. The van der Waals surface area contributed by atoms with Crippen LogP contribution in [0.3, 0.4) is 0 Å². The van der Waals surface area contributed by atoms with Crippen LogP contribution in [0.5, 0.6) is 0 Å². The van der Waals surface area contributed by atoms with Gasteiger partial charge in [0, 0.05) is 25.7 Å². The third-order valence-corrected chi connectivity index (χ3v) is 20.2. The Bertz CT molecular complexity index is 2020. The van der Waals surface area contributed by atoms with E-state index in [-0.39, 0.29) is 25.7 Å². The molecule has 19 heteroatoms. The predicted octanol–water partition coefficient (Wildman–Crippen LogP) is 23.8. The van der Waals surface area contributed by atoms with Crippen molar-refractivity contribution in [2.45, 2.75) is 419 Å². The Balaban J connectivity index is 5.24. The Hall–Kier alpha value is -2.46. The van der Waals surface area contributed by atoms with Crippen molar-refractivity contribution >= 4 is 39.5 Å². The number of carbonyl (C=O) groups is 4. The Morgan fingerprint density at radius 2 is 0.540 bits per heavy atom. The average molecular weight is 1460 g/mol. The predicted molar refractivity (Wildman–Crippen MR) is 409 cm³/mol. The monoisotopic (exact) mass is 1460 g/mol. The van der Waals surface area contributed by atoms with Gasteiger partial charge in [-0.2, -0.15) is 0 Å². The summed E-state index contributed by atoms with van der Waals surface area (Å²) in [6.07, 6.45) is 64.9. The third kappa shape index (κ3) is 73.8. The molecule has 0 aromatic carbocycles. The lowest BCUT2D eigenvalue weighted by atomic mass is 10.0. The number of ether oxygens (including phenoxy) is 4. The maximum absolute atomic E-state index is 13.1. The van der Waals surface area contributed by atoms with Crippen LogP contribution < -0.4 is 0 Å². The normalized spacial score (nSPS) is 14.1. The van der Waals surface area contributed by atoms with Crippen molar-refractivity contribution in [1.82, 2.24) is 0 Å². The highest BCUT2D eigenvalue weighted by Gasteiger charge is 2.30. The van der Waals surface area contributed by atoms with Gasteiger partial charge in [0.15, 0.2) is 12.2 Å². The fourth-order valence-electron chi connectivity index (χ4n) is 12.0. The summed E-state index contributed by atoms with van der Waals surface area (Å²) in [5, 5.41) is 10.6. The number of hydrogen-bond donors (Lipinski definition) is 3. The largest absolute Gasteiger partial charge is 0.472 e. The highest BCUT2D eigenvalue weighted by molar-refractivity contribution is 7.47. The molecule has 0 aromatic heterocycles. The first-order valence-electron chi connectivity index (χ1n) is 41.3. The van der Waals surface area contributed by atoms with E-state index in [2.05, 4.69) is 65.8 Å². The van der Waals surface area contributed by atoms with Crippen LogP contribution in [-0.4, -0.2) is 96.7 Å². The Labute approximate surface area is 612 Å². The van der Waals surface area contributed by atoms with Gasteiger partial charge in [-0.25, -0.2) is 9.13 Å². The van der Waals surface area contributed by atoms with Gasteiger partial charge >= 0.3 is 39.5 Å². The summed E-state index contributed by atoms with van der Waals surface area (Å²) in [5.41, 5.74) is 0. The first-order valence-corrected chi connectivity index (χ1v) is 44.3. The number of rotatable bonds is 78. The van der Waals surface area contributed by atoms with Crippen LogP contribution in [0.25, 0.3) is 0 Å². The number of allylic oxidation sites excluding steroid dienone is 4. The fraction of sp³-hybridized carbons (Fsp3) is 0.901. The molecule has 0 aliphatic rings. The summed E-state index contributed by atoms with van der Waals surface area (Å²) >= 11 is 0. The minimum atomic E-state index is -4.97. The number of unbranched alkanes of at least 4 members (excludes halogenated alkanes) is 45. The number of phosphoric ester groups is 2. The molecule has 5 atom stereocenters. The molecule has 0 fully saturated rings. The van der Waals surface area contributed by atoms with Crippen molar-refractivity contribution in [3.05, 3.63) is 24.3 Å². The minimum Gasteiger partial charge on any atom is -0.462 e. The molecule has 0 amide bonds. The zero-order chi connectivity index (χ0) is 73.5. The van der Waals surface area contributed by atoms with Gasteiger partial charge in [-0.15, -0.1) is 0 Å². The van der Waals surface area contributed by atoms with E-state index in [1.165, 1.54) is 193 Å². The first-order chi connectivity index (χ1) is 48.4. The van der Waals surface area contributed by atoms with Gasteiger partial charge in [-0.05, 0) is 63.2 Å². The van der Waals surface area contributed by atoms with Crippen LogP contribution in [0.2, 0.25) is 0 Å². The van der Waals surface area contributed by atoms with E-state index in [9.17, 15) is 43.2 Å². The van der Waals surface area contributed by atoms with Crippen LogP contribution in [0.15, 0.2) is 24.3 Å². The van der Waals surface area contributed by atoms with Crippen LogP contribution >= 0.6 is 15.6 Å². The summed E-state index contributed by atoms with van der Waals surface area (Å²) in [4.78, 5) is 72.9. The first kappa shape index (κ1) is 97.5. The van der Waals surface area contributed by atoms with E-state index >= 15 is 0 Å². The fourth-order valence-corrected chi connectivity index (χ4v) is 13.6. The molecule has 2 unspecified atom stereocenters. The van der Waals surface area contributed by atoms with Crippen molar-refractivity contribution < 1.29 is 80.2 Å². The van der Waals surface area contributed by atoms with Gasteiger partial charge in [-0.3, -0.25) is 37.3 Å². The summed E-state index contributed by atoms with van der Waals surface area (Å²) in [5.74, 6) is -0.690. The Morgan fingerprint density at radius 1 is 0.310 bits per heavy atom. The standard InChI is InChI=1S/C81H154O17P2/c1-7-9-11-13-15-17-19-21-23-24-25-26-27-28-30-32-37-41-45-53-59-65-80(85)97-76(69-91-78(83)63-57-51-44-40-36-31-29-22-20-18-16-14-12-10-8-2)71-95-99(87,88)93-67-75(82)68-94-100(89,90)96-72-77(70-92-79(84)64-58-52-48-47-50-56-62-74(5)6)98-81(86)66-60-54-46-42-38-34-33-35-39-43-49-55-61-73(3)4/h18,20,22,29,73-77,82H,7-17,19,21,23-28,30-72H2,1-6H3,(H,87,88)(H,89,90)/b20-18-,29-22-/t75-,76-,77-/m1/s1. The molecule has 0 aliphatic heterocycles. The molecule has 0 aliphatic carbocycles. The second-order valence-electron chi connectivity index (χ2n) is 29.4. The van der Waals surface area contributed by atoms with E-state index in [1.54, 1.807) is 0 Å². The van der Waals surface area contributed by atoms with Gasteiger partial charge < -0.3 is 33.8 Å². The molecule has 17 nitrogen and oxygen atoms in total.